The molecule has 0 aromatic heterocycles. The number of amides is 1. The van der Waals surface area contributed by atoms with Crippen LogP contribution in [0.4, 0.5) is 0 Å². The van der Waals surface area contributed by atoms with Gasteiger partial charge in [0.15, 0.2) is 12.2 Å². The molecule has 0 saturated carbocycles. The first-order valence-corrected chi connectivity index (χ1v) is 12.1. The van der Waals surface area contributed by atoms with E-state index in [2.05, 4.69) is 5.32 Å². The first-order chi connectivity index (χ1) is 17.0. The standard InChI is InChI=1S/C24H39NO11/c1-15(26)25-21-23(34-18(4)29)22(33-17(3)28)19(14-32-16(2)27)35-24(21)36-20(30)12-10-8-6-7-9-11-13-31-5/h19,21-24H,6-14H2,1-5H3,(H,25,26)/t19-,21+,22+,23-,24-/m1/s1. The topological polar surface area (TPSA) is 153 Å². The Balaban J connectivity index is 2.93. The molecule has 1 rings (SSSR count). The number of hydrogen-bond donors (Lipinski definition) is 1. The van der Waals surface area contributed by atoms with Crippen molar-refractivity contribution >= 4 is 29.8 Å². The molecule has 0 unspecified atom stereocenters. The normalized spacial score (nSPS) is 23.3. The average Bonchev–Trinajstić information content (AvgIpc) is 2.77. The number of hydrogen-bond acceptors (Lipinski definition) is 11. The minimum Gasteiger partial charge on any atom is -0.463 e. The zero-order chi connectivity index (χ0) is 27.1. The van der Waals surface area contributed by atoms with Crippen LogP contribution in [0.5, 0.6) is 0 Å². The van der Waals surface area contributed by atoms with Gasteiger partial charge in [-0.15, -0.1) is 0 Å². The third kappa shape index (κ3) is 12.3. The molecule has 0 aromatic rings. The molecule has 0 aliphatic carbocycles. The Bertz CT molecular complexity index is 742. The predicted molar refractivity (Wildman–Crippen MR) is 124 cm³/mol. The van der Waals surface area contributed by atoms with Crippen LogP contribution in [0.2, 0.25) is 0 Å². The molecule has 0 bridgehead atoms. The van der Waals surface area contributed by atoms with Gasteiger partial charge >= 0.3 is 23.9 Å². The Morgan fingerprint density at radius 1 is 0.750 bits per heavy atom. The summed E-state index contributed by atoms with van der Waals surface area (Å²) in [5.74, 6) is -3.16. The van der Waals surface area contributed by atoms with E-state index >= 15 is 0 Å². The van der Waals surface area contributed by atoms with Gasteiger partial charge in [-0.25, -0.2) is 0 Å². The molecule has 1 saturated heterocycles. The van der Waals surface area contributed by atoms with E-state index in [1.165, 1.54) is 13.8 Å². The lowest BCUT2D eigenvalue weighted by Crippen LogP contribution is -2.66. The minimum absolute atomic E-state index is 0.116. The predicted octanol–water partition coefficient (Wildman–Crippen LogP) is 1.56. The SMILES string of the molecule is COCCCCCCCCC(=O)O[C@H]1O[C@H](COC(C)=O)[C@H](OC(C)=O)[C@H](OC(C)=O)[C@@H]1NC(C)=O. The van der Waals surface area contributed by atoms with Crippen molar-refractivity contribution in [3.05, 3.63) is 0 Å². The molecule has 1 fully saturated rings. The zero-order valence-electron chi connectivity index (χ0n) is 21.7. The summed E-state index contributed by atoms with van der Waals surface area (Å²) in [7, 11) is 1.67. The Hall–Kier alpha value is -2.73. The van der Waals surface area contributed by atoms with Crippen molar-refractivity contribution in [3.8, 4) is 0 Å². The van der Waals surface area contributed by atoms with Crippen LogP contribution in [0, 0.1) is 0 Å². The quantitative estimate of drug-likeness (QED) is 0.191. The van der Waals surface area contributed by atoms with Crippen molar-refractivity contribution in [2.45, 2.75) is 103 Å². The number of carbonyl (C=O) groups is 5. The number of nitrogens with one attached hydrogen (secondary N) is 1. The maximum atomic E-state index is 12.6. The van der Waals surface area contributed by atoms with Crippen LogP contribution in [-0.2, 0) is 52.4 Å². The van der Waals surface area contributed by atoms with Crippen molar-refractivity contribution in [1.82, 2.24) is 5.32 Å². The van der Waals surface area contributed by atoms with E-state index in [-0.39, 0.29) is 13.0 Å². The summed E-state index contributed by atoms with van der Waals surface area (Å²) < 4.78 is 32.0. The first kappa shape index (κ1) is 31.3. The van der Waals surface area contributed by atoms with Gasteiger partial charge in [-0.3, -0.25) is 24.0 Å². The lowest BCUT2D eigenvalue weighted by molar-refractivity contribution is -0.271. The molecular formula is C24H39NO11. The molecule has 0 aromatic carbocycles. The lowest BCUT2D eigenvalue weighted by atomic mass is 9.96. The highest BCUT2D eigenvalue weighted by atomic mass is 16.7. The molecule has 1 heterocycles. The van der Waals surface area contributed by atoms with Crippen molar-refractivity contribution in [1.29, 1.82) is 0 Å². The van der Waals surface area contributed by atoms with E-state index in [0.29, 0.717) is 6.42 Å². The second kappa shape index (κ2) is 16.9. The maximum Gasteiger partial charge on any atom is 0.308 e. The van der Waals surface area contributed by atoms with E-state index < -0.39 is 60.4 Å². The number of methoxy groups -OCH3 is 1. The van der Waals surface area contributed by atoms with Crippen LogP contribution in [0.15, 0.2) is 0 Å². The molecule has 12 nitrogen and oxygen atoms in total. The number of ether oxygens (including phenoxy) is 6. The van der Waals surface area contributed by atoms with E-state index in [9.17, 15) is 24.0 Å². The highest BCUT2D eigenvalue weighted by Crippen LogP contribution is 2.28. The van der Waals surface area contributed by atoms with Gasteiger partial charge in [0.05, 0.1) is 0 Å². The van der Waals surface area contributed by atoms with Crippen LogP contribution < -0.4 is 5.32 Å². The van der Waals surface area contributed by atoms with Gasteiger partial charge in [-0.1, -0.05) is 25.7 Å². The molecule has 1 aliphatic rings. The van der Waals surface area contributed by atoms with Gasteiger partial charge < -0.3 is 33.7 Å². The smallest absolute Gasteiger partial charge is 0.308 e. The van der Waals surface area contributed by atoms with Gasteiger partial charge in [0.2, 0.25) is 12.2 Å². The van der Waals surface area contributed by atoms with Gasteiger partial charge in [0.1, 0.15) is 18.8 Å². The fraction of sp³-hybridized carbons (Fsp3) is 0.792. The highest BCUT2D eigenvalue weighted by Gasteiger charge is 2.52. The molecule has 206 valence electrons. The van der Waals surface area contributed by atoms with Crippen LogP contribution >= 0.6 is 0 Å². The molecule has 1 N–H and O–H groups in total. The summed E-state index contributed by atoms with van der Waals surface area (Å²) in [5, 5.41) is 2.55. The van der Waals surface area contributed by atoms with Crippen LogP contribution in [0.25, 0.3) is 0 Å². The average molecular weight is 518 g/mol. The molecule has 1 amide bonds. The molecule has 1 aliphatic heterocycles. The van der Waals surface area contributed by atoms with E-state index in [0.717, 1.165) is 52.6 Å². The maximum absolute atomic E-state index is 12.6. The van der Waals surface area contributed by atoms with Crippen molar-refractivity contribution in [3.63, 3.8) is 0 Å². The molecule has 12 heteroatoms. The molecular weight excluding hydrogens is 478 g/mol. The third-order valence-electron chi connectivity index (χ3n) is 5.30. The molecule has 0 radical (unpaired) electrons. The summed E-state index contributed by atoms with van der Waals surface area (Å²) in [4.78, 5) is 59.4. The first-order valence-electron chi connectivity index (χ1n) is 12.1. The fourth-order valence-electron chi connectivity index (χ4n) is 3.80. The largest absolute Gasteiger partial charge is 0.463 e. The van der Waals surface area contributed by atoms with Gasteiger partial charge in [0, 0.05) is 47.8 Å². The number of carbonyl (C=O) groups excluding carboxylic acids is 5. The van der Waals surface area contributed by atoms with E-state index in [1.807, 2.05) is 0 Å². The van der Waals surface area contributed by atoms with Gasteiger partial charge in [-0.2, -0.15) is 0 Å². The number of rotatable bonds is 15. The van der Waals surface area contributed by atoms with Crippen LogP contribution in [-0.4, -0.2) is 80.8 Å². The summed E-state index contributed by atoms with van der Waals surface area (Å²) >= 11 is 0. The van der Waals surface area contributed by atoms with E-state index in [1.54, 1.807) is 7.11 Å². The summed E-state index contributed by atoms with van der Waals surface area (Å²) in [5.41, 5.74) is 0. The fourth-order valence-corrected chi connectivity index (χ4v) is 3.80. The molecule has 36 heavy (non-hydrogen) atoms. The van der Waals surface area contributed by atoms with Crippen molar-refractivity contribution in [2.75, 3.05) is 20.3 Å². The summed E-state index contributed by atoms with van der Waals surface area (Å²) in [6.07, 6.45) is 0.581. The Kier molecular flexibility index (Phi) is 14.7. The highest BCUT2D eigenvalue weighted by molar-refractivity contribution is 5.74. The van der Waals surface area contributed by atoms with Crippen LogP contribution in [0.1, 0.15) is 72.6 Å². The number of esters is 4. The number of unbranched alkanes of at least 4 members (excludes halogenated alkanes) is 5. The lowest BCUT2D eigenvalue weighted by Gasteiger charge is -2.44. The Morgan fingerprint density at radius 2 is 1.33 bits per heavy atom. The zero-order valence-corrected chi connectivity index (χ0v) is 21.7. The van der Waals surface area contributed by atoms with Crippen molar-refractivity contribution < 1.29 is 52.4 Å². The summed E-state index contributed by atoms with van der Waals surface area (Å²) in [6.45, 7) is 5.06. The van der Waals surface area contributed by atoms with Gasteiger partial charge in [0.25, 0.3) is 0 Å². The second-order valence-corrected chi connectivity index (χ2v) is 8.57. The van der Waals surface area contributed by atoms with Crippen molar-refractivity contribution in [2.24, 2.45) is 0 Å². The second-order valence-electron chi connectivity index (χ2n) is 8.57. The Morgan fingerprint density at radius 3 is 1.89 bits per heavy atom. The van der Waals surface area contributed by atoms with Crippen LogP contribution in [0.3, 0.4) is 0 Å². The monoisotopic (exact) mass is 517 g/mol. The van der Waals surface area contributed by atoms with Gasteiger partial charge in [-0.05, 0) is 12.8 Å². The third-order valence-corrected chi connectivity index (χ3v) is 5.30. The molecule has 5 atom stereocenters. The van der Waals surface area contributed by atoms with E-state index in [4.69, 9.17) is 28.4 Å². The minimum atomic E-state index is -1.38. The summed E-state index contributed by atoms with van der Waals surface area (Å²) in [6, 6.07) is -1.17. The molecule has 0 spiro atoms. The Labute approximate surface area is 211 Å².